The lowest BCUT2D eigenvalue weighted by Crippen LogP contribution is -2.37. The van der Waals surface area contributed by atoms with E-state index >= 15 is 0 Å². The van der Waals surface area contributed by atoms with Crippen molar-refractivity contribution >= 4 is 40.8 Å². The van der Waals surface area contributed by atoms with Gasteiger partial charge in [0.15, 0.2) is 0 Å². The van der Waals surface area contributed by atoms with E-state index in [9.17, 15) is 9.59 Å². The van der Waals surface area contributed by atoms with Gasteiger partial charge in [-0.1, -0.05) is 32.6 Å². The summed E-state index contributed by atoms with van der Waals surface area (Å²) >= 11 is 0. The van der Waals surface area contributed by atoms with Crippen molar-refractivity contribution in [3.63, 3.8) is 0 Å². The number of anilines is 5. The molecule has 186 valence electrons. The molecule has 2 heterocycles. The van der Waals surface area contributed by atoms with E-state index in [-0.39, 0.29) is 30.0 Å². The van der Waals surface area contributed by atoms with Gasteiger partial charge in [0, 0.05) is 23.3 Å². The van der Waals surface area contributed by atoms with Crippen LogP contribution in [0, 0.1) is 5.92 Å². The molecule has 2 aromatic carbocycles. The van der Waals surface area contributed by atoms with E-state index in [0.717, 1.165) is 16.9 Å². The number of benzene rings is 2. The third-order valence-corrected chi connectivity index (χ3v) is 5.95. The number of nitrogens with one attached hydrogen (secondary N) is 3. The fourth-order valence-electron chi connectivity index (χ4n) is 3.87. The zero-order chi connectivity index (χ0) is 25.7. The zero-order valence-corrected chi connectivity index (χ0v) is 20.6. The van der Waals surface area contributed by atoms with E-state index in [1.165, 1.54) is 6.08 Å². The van der Waals surface area contributed by atoms with Crippen molar-refractivity contribution in [1.29, 1.82) is 0 Å². The minimum absolute atomic E-state index is 0.0557. The average Bonchev–Trinajstić information content (AvgIpc) is 3.27. The molecular formula is C27H30N6O3. The van der Waals surface area contributed by atoms with E-state index in [2.05, 4.69) is 46.3 Å². The molecule has 9 nitrogen and oxygen atoms in total. The average molecular weight is 487 g/mol. The molecule has 0 spiro atoms. The topological polar surface area (TPSA) is 108 Å². The number of hydrogen-bond donors (Lipinski definition) is 3. The molecule has 2 atom stereocenters. The van der Waals surface area contributed by atoms with Crippen LogP contribution in [0.1, 0.15) is 32.4 Å². The lowest BCUT2D eigenvalue weighted by Gasteiger charge is -2.23. The van der Waals surface area contributed by atoms with Gasteiger partial charge < -0.3 is 20.7 Å². The Labute approximate surface area is 210 Å². The maximum Gasteiger partial charge on any atom is 0.415 e. The molecule has 9 heteroatoms. The Morgan fingerprint density at radius 2 is 1.69 bits per heavy atom. The quantitative estimate of drug-likeness (QED) is 0.343. The fraction of sp³-hybridized carbons (Fsp3) is 0.259. The van der Waals surface area contributed by atoms with E-state index in [0.29, 0.717) is 24.1 Å². The summed E-state index contributed by atoms with van der Waals surface area (Å²) < 4.78 is 5.24. The van der Waals surface area contributed by atoms with E-state index in [4.69, 9.17) is 4.74 Å². The summed E-state index contributed by atoms with van der Waals surface area (Å²) in [6, 6.07) is 17.1. The SMILES string of the molecule is C=CC(=O)Nc1ccc(Nc2ccc(C(C)Nc3nccc(N4C(=O)OC[C@@H]4C(C)C)n3)cc2)cc1. The maximum atomic E-state index is 12.3. The maximum absolute atomic E-state index is 12.3. The molecule has 0 bridgehead atoms. The predicted octanol–water partition coefficient (Wildman–Crippen LogP) is 5.50. The molecular weight excluding hydrogens is 456 g/mol. The van der Waals surface area contributed by atoms with Gasteiger partial charge in [-0.15, -0.1) is 0 Å². The Balaban J connectivity index is 1.39. The van der Waals surface area contributed by atoms with E-state index < -0.39 is 0 Å². The molecule has 3 aromatic rings. The third-order valence-electron chi connectivity index (χ3n) is 5.95. The van der Waals surface area contributed by atoms with Crippen LogP contribution in [-0.2, 0) is 9.53 Å². The summed E-state index contributed by atoms with van der Waals surface area (Å²) in [7, 11) is 0. The molecule has 1 aliphatic heterocycles. The molecule has 1 aromatic heterocycles. The highest BCUT2D eigenvalue weighted by atomic mass is 16.6. The van der Waals surface area contributed by atoms with Crippen LogP contribution in [0.25, 0.3) is 0 Å². The van der Waals surface area contributed by atoms with Gasteiger partial charge in [0.05, 0.1) is 12.1 Å². The van der Waals surface area contributed by atoms with E-state index in [1.807, 2.05) is 55.5 Å². The highest BCUT2D eigenvalue weighted by Crippen LogP contribution is 2.27. The first-order valence-corrected chi connectivity index (χ1v) is 11.8. The summed E-state index contributed by atoms with van der Waals surface area (Å²) in [5.74, 6) is 0.956. The molecule has 1 aliphatic rings. The van der Waals surface area contributed by atoms with Crippen LogP contribution in [0.15, 0.2) is 73.4 Å². The van der Waals surface area contributed by atoms with Crippen LogP contribution >= 0.6 is 0 Å². The van der Waals surface area contributed by atoms with Gasteiger partial charge in [-0.25, -0.2) is 9.78 Å². The Morgan fingerprint density at radius 3 is 2.33 bits per heavy atom. The molecule has 36 heavy (non-hydrogen) atoms. The second-order valence-corrected chi connectivity index (χ2v) is 8.88. The van der Waals surface area contributed by atoms with Crippen LogP contribution < -0.4 is 20.9 Å². The number of cyclic esters (lactones) is 1. The van der Waals surface area contributed by atoms with Gasteiger partial charge in [-0.3, -0.25) is 9.69 Å². The largest absolute Gasteiger partial charge is 0.447 e. The molecule has 2 amide bonds. The normalized spacial score (nSPS) is 15.8. The molecule has 0 saturated carbocycles. The summed E-state index contributed by atoms with van der Waals surface area (Å²) in [4.78, 5) is 34.2. The molecule has 1 saturated heterocycles. The molecule has 4 rings (SSSR count). The Bertz CT molecular complexity index is 1230. The van der Waals surface area contributed by atoms with Crippen molar-refractivity contribution in [3.05, 3.63) is 79.0 Å². The second kappa shape index (κ2) is 10.9. The molecule has 1 unspecified atom stereocenters. The van der Waals surface area contributed by atoms with Gasteiger partial charge >= 0.3 is 6.09 Å². The van der Waals surface area contributed by atoms with Crippen molar-refractivity contribution in [2.75, 3.05) is 27.5 Å². The lowest BCUT2D eigenvalue weighted by molar-refractivity contribution is -0.111. The second-order valence-electron chi connectivity index (χ2n) is 8.88. The fourth-order valence-corrected chi connectivity index (χ4v) is 3.87. The molecule has 1 fully saturated rings. The summed E-state index contributed by atoms with van der Waals surface area (Å²) in [5.41, 5.74) is 3.58. The van der Waals surface area contributed by atoms with Gasteiger partial charge in [-0.2, -0.15) is 4.98 Å². The van der Waals surface area contributed by atoms with Crippen molar-refractivity contribution in [2.45, 2.75) is 32.9 Å². The number of amides is 2. The number of carbonyl (C=O) groups is 2. The monoisotopic (exact) mass is 486 g/mol. The van der Waals surface area contributed by atoms with Crippen molar-refractivity contribution in [2.24, 2.45) is 5.92 Å². The van der Waals surface area contributed by atoms with Crippen LogP contribution in [-0.4, -0.2) is 34.6 Å². The third kappa shape index (κ3) is 5.80. The summed E-state index contributed by atoms with van der Waals surface area (Å²) in [5, 5.41) is 9.38. The molecule has 3 N–H and O–H groups in total. The van der Waals surface area contributed by atoms with Crippen molar-refractivity contribution < 1.29 is 14.3 Å². The van der Waals surface area contributed by atoms with Crippen molar-refractivity contribution in [1.82, 2.24) is 9.97 Å². The lowest BCUT2D eigenvalue weighted by atomic mass is 10.0. The van der Waals surface area contributed by atoms with E-state index in [1.54, 1.807) is 17.2 Å². The van der Waals surface area contributed by atoms with Crippen LogP contribution in [0.4, 0.5) is 33.6 Å². The molecule has 0 aliphatic carbocycles. The number of ether oxygens (including phenoxy) is 1. The Kier molecular flexibility index (Phi) is 7.48. The van der Waals surface area contributed by atoms with Crippen LogP contribution in [0.2, 0.25) is 0 Å². The number of nitrogens with zero attached hydrogens (tertiary/aromatic N) is 3. The van der Waals surface area contributed by atoms with Crippen LogP contribution in [0.5, 0.6) is 0 Å². The number of rotatable bonds is 9. The van der Waals surface area contributed by atoms with Gasteiger partial charge in [-0.05, 0) is 66.9 Å². The number of hydrogen-bond acceptors (Lipinski definition) is 7. The minimum Gasteiger partial charge on any atom is -0.447 e. The first-order valence-electron chi connectivity index (χ1n) is 11.8. The molecule has 0 radical (unpaired) electrons. The summed E-state index contributed by atoms with van der Waals surface area (Å²) in [6.45, 7) is 9.94. The smallest absolute Gasteiger partial charge is 0.415 e. The highest BCUT2D eigenvalue weighted by molar-refractivity contribution is 5.99. The minimum atomic E-state index is -0.384. The van der Waals surface area contributed by atoms with Gasteiger partial charge in [0.25, 0.3) is 0 Å². The number of carbonyl (C=O) groups excluding carboxylic acids is 2. The Morgan fingerprint density at radius 1 is 1.06 bits per heavy atom. The standard InChI is InChI=1S/C27H30N6O3/c1-5-25(34)31-22-12-10-21(11-13-22)30-20-8-6-19(7-9-20)18(4)29-26-28-15-14-24(32-26)33-23(17(2)3)16-36-27(33)35/h5-15,17-18,23,30H,1,16H2,2-4H3,(H,31,34)(H,28,29,32)/t18?,23-/m1/s1. The zero-order valence-electron chi connectivity index (χ0n) is 20.6. The number of aromatic nitrogens is 2. The predicted molar refractivity (Wildman–Crippen MR) is 142 cm³/mol. The van der Waals surface area contributed by atoms with Crippen molar-refractivity contribution in [3.8, 4) is 0 Å². The first kappa shape index (κ1) is 24.7. The van der Waals surface area contributed by atoms with Gasteiger partial charge in [0.1, 0.15) is 12.4 Å². The Hall–Kier alpha value is -4.40. The van der Waals surface area contributed by atoms with Crippen LogP contribution in [0.3, 0.4) is 0 Å². The summed E-state index contributed by atoms with van der Waals surface area (Å²) in [6.07, 6.45) is 2.49. The first-order chi connectivity index (χ1) is 17.3. The highest BCUT2D eigenvalue weighted by Gasteiger charge is 2.37. The van der Waals surface area contributed by atoms with Gasteiger partial charge in [0.2, 0.25) is 11.9 Å².